The second kappa shape index (κ2) is 5.31. The summed E-state index contributed by atoms with van der Waals surface area (Å²) in [7, 11) is 0. The standard InChI is InChI=1S/C12H23N3/c1-5-13-10-11-6-8-14-15(11)9-7-12(2,3)4/h6,8,13H,5,7,9-10H2,1-4H3. The van der Waals surface area contributed by atoms with Gasteiger partial charge in [0.2, 0.25) is 0 Å². The lowest BCUT2D eigenvalue weighted by Crippen LogP contribution is -2.18. The van der Waals surface area contributed by atoms with Crippen LogP contribution in [0.2, 0.25) is 0 Å². The molecule has 0 radical (unpaired) electrons. The molecule has 3 heteroatoms. The zero-order chi connectivity index (χ0) is 11.3. The van der Waals surface area contributed by atoms with Gasteiger partial charge in [0.15, 0.2) is 0 Å². The third kappa shape index (κ3) is 4.47. The fourth-order valence-corrected chi connectivity index (χ4v) is 1.41. The predicted molar refractivity (Wildman–Crippen MR) is 63.7 cm³/mol. The van der Waals surface area contributed by atoms with Crippen molar-refractivity contribution in [1.29, 1.82) is 0 Å². The first-order chi connectivity index (χ1) is 7.03. The summed E-state index contributed by atoms with van der Waals surface area (Å²) in [4.78, 5) is 0. The van der Waals surface area contributed by atoms with Gasteiger partial charge in [-0.15, -0.1) is 0 Å². The number of nitrogens with zero attached hydrogens (tertiary/aromatic N) is 2. The van der Waals surface area contributed by atoms with E-state index in [0.29, 0.717) is 5.41 Å². The Balaban J connectivity index is 2.50. The molecule has 15 heavy (non-hydrogen) atoms. The van der Waals surface area contributed by atoms with Crippen LogP contribution in [0.25, 0.3) is 0 Å². The molecule has 0 unspecified atom stereocenters. The molecule has 0 aliphatic carbocycles. The van der Waals surface area contributed by atoms with Crippen molar-refractivity contribution in [1.82, 2.24) is 15.1 Å². The molecule has 1 N–H and O–H groups in total. The van der Waals surface area contributed by atoms with E-state index in [2.05, 4.69) is 48.9 Å². The second-order valence-electron chi connectivity index (χ2n) is 5.14. The van der Waals surface area contributed by atoms with E-state index in [0.717, 1.165) is 26.1 Å². The molecule has 0 saturated heterocycles. The van der Waals surface area contributed by atoms with Crippen molar-refractivity contribution in [2.45, 2.75) is 47.2 Å². The highest BCUT2D eigenvalue weighted by Crippen LogP contribution is 2.19. The van der Waals surface area contributed by atoms with Gasteiger partial charge < -0.3 is 5.32 Å². The lowest BCUT2D eigenvalue weighted by Gasteiger charge is -2.18. The van der Waals surface area contributed by atoms with Crippen LogP contribution in [-0.4, -0.2) is 16.3 Å². The van der Waals surface area contributed by atoms with Crippen LogP contribution in [0.15, 0.2) is 12.3 Å². The Kier molecular flexibility index (Phi) is 4.33. The summed E-state index contributed by atoms with van der Waals surface area (Å²) in [5, 5.41) is 7.68. The maximum atomic E-state index is 4.35. The van der Waals surface area contributed by atoms with E-state index >= 15 is 0 Å². The van der Waals surface area contributed by atoms with Crippen molar-refractivity contribution in [3.8, 4) is 0 Å². The Hall–Kier alpha value is -0.830. The van der Waals surface area contributed by atoms with Crippen LogP contribution >= 0.6 is 0 Å². The Bertz CT molecular complexity index is 283. The van der Waals surface area contributed by atoms with Gasteiger partial charge in [0.1, 0.15) is 0 Å². The first-order valence-corrected chi connectivity index (χ1v) is 5.74. The van der Waals surface area contributed by atoms with Crippen molar-refractivity contribution in [3.05, 3.63) is 18.0 Å². The zero-order valence-corrected chi connectivity index (χ0v) is 10.4. The first kappa shape index (κ1) is 12.2. The molecule has 1 aromatic heterocycles. The van der Waals surface area contributed by atoms with Crippen LogP contribution in [0, 0.1) is 5.41 Å². The predicted octanol–water partition coefficient (Wildman–Crippen LogP) is 2.43. The second-order valence-corrected chi connectivity index (χ2v) is 5.14. The molecular formula is C12H23N3. The Labute approximate surface area is 92.9 Å². The summed E-state index contributed by atoms with van der Waals surface area (Å²) in [6.07, 6.45) is 3.04. The van der Waals surface area contributed by atoms with Crippen LogP contribution in [0.1, 0.15) is 39.8 Å². The highest BCUT2D eigenvalue weighted by Gasteiger charge is 2.11. The number of hydrogen-bond acceptors (Lipinski definition) is 2. The molecule has 0 aliphatic heterocycles. The molecule has 0 fully saturated rings. The summed E-state index contributed by atoms with van der Waals surface area (Å²) in [6, 6.07) is 2.09. The minimum Gasteiger partial charge on any atom is -0.311 e. The van der Waals surface area contributed by atoms with Crippen LogP contribution in [0.4, 0.5) is 0 Å². The molecule has 3 nitrogen and oxygen atoms in total. The smallest absolute Gasteiger partial charge is 0.0522 e. The monoisotopic (exact) mass is 209 g/mol. The molecule has 0 spiro atoms. The molecule has 0 bridgehead atoms. The van der Waals surface area contributed by atoms with Gasteiger partial charge in [-0.1, -0.05) is 27.7 Å². The van der Waals surface area contributed by atoms with Gasteiger partial charge in [0.25, 0.3) is 0 Å². The first-order valence-electron chi connectivity index (χ1n) is 5.74. The molecule has 0 saturated carbocycles. The molecular weight excluding hydrogens is 186 g/mol. The number of hydrogen-bond donors (Lipinski definition) is 1. The van der Waals surface area contributed by atoms with Gasteiger partial charge in [0.05, 0.1) is 5.69 Å². The minimum absolute atomic E-state index is 0.376. The van der Waals surface area contributed by atoms with Crippen LogP contribution in [0.5, 0.6) is 0 Å². The molecule has 1 aromatic rings. The van der Waals surface area contributed by atoms with Crippen molar-refractivity contribution < 1.29 is 0 Å². The van der Waals surface area contributed by atoms with Crippen LogP contribution in [0.3, 0.4) is 0 Å². The maximum absolute atomic E-state index is 4.35. The Morgan fingerprint density at radius 1 is 1.40 bits per heavy atom. The molecule has 1 heterocycles. The van der Waals surface area contributed by atoms with Gasteiger partial charge in [-0.25, -0.2) is 0 Å². The van der Waals surface area contributed by atoms with Crippen molar-refractivity contribution in [2.24, 2.45) is 5.41 Å². The van der Waals surface area contributed by atoms with E-state index < -0.39 is 0 Å². The van der Waals surface area contributed by atoms with Gasteiger partial charge in [-0.05, 0) is 24.4 Å². The topological polar surface area (TPSA) is 29.9 Å². The number of aryl methyl sites for hydroxylation is 1. The highest BCUT2D eigenvalue weighted by atomic mass is 15.3. The number of aromatic nitrogens is 2. The largest absolute Gasteiger partial charge is 0.311 e. The van der Waals surface area contributed by atoms with Crippen molar-refractivity contribution in [3.63, 3.8) is 0 Å². The molecule has 0 aliphatic rings. The van der Waals surface area contributed by atoms with Crippen LogP contribution < -0.4 is 5.32 Å². The van der Waals surface area contributed by atoms with E-state index in [9.17, 15) is 0 Å². The highest BCUT2D eigenvalue weighted by molar-refractivity contribution is 5.00. The van der Waals surface area contributed by atoms with E-state index in [1.165, 1.54) is 5.69 Å². The number of nitrogens with one attached hydrogen (secondary N) is 1. The van der Waals surface area contributed by atoms with E-state index in [1.807, 2.05) is 6.20 Å². The third-order valence-corrected chi connectivity index (χ3v) is 2.43. The fraction of sp³-hybridized carbons (Fsp3) is 0.750. The zero-order valence-electron chi connectivity index (χ0n) is 10.4. The fourth-order valence-electron chi connectivity index (χ4n) is 1.41. The van der Waals surface area contributed by atoms with Gasteiger partial charge in [-0.3, -0.25) is 4.68 Å². The van der Waals surface area contributed by atoms with Gasteiger partial charge in [-0.2, -0.15) is 5.10 Å². The average molecular weight is 209 g/mol. The summed E-state index contributed by atoms with van der Waals surface area (Å²) >= 11 is 0. The maximum Gasteiger partial charge on any atom is 0.0522 e. The lowest BCUT2D eigenvalue weighted by atomic mass is 9.92. The normalized spacial score (nSPS) is 12.0. The van der Waals surface area contributed by atoms with E-state index in [-0.39, 0.29) is 0 Å². The van der Waals surface area contributed by atoms with Crippen molar-refractivity contribution >= 4 is 0 Å². The molecule has 0 aromatic carbocycles. The summed E-state index contributed by atoms with van der Waals surface area (Å²) in [6.45, 7) is 11.8. The van der Waals surface area contributed by atoms with Crippen LogP contribution in [-0.2, 0) is 13.1 Å². The Morgan fingerprint density at radius 2 is 2.13 bits per heavy atom. The quantitative estimate of drug-likeness (QED) is 0.807. The van der Waals surface area contributed by atoms with Gasteiger partial charge >= 0.3 is 0 Å². The van der Waals surface area contributed by atoms with E-state index in [4.69, 9.17) is 0 Å². The lowest BCUT2D eigenvalue weighted by molar-refractivity contribution is 0.337. The minimum atomic E-state index is 0.376. The SMILES string of the molecule is CCNCc1ccnn1CCC(C)(C)C. The molecule has 0 amide bonds. The molecule has 1 rings (SSSR count). The molecule has 0 atom stereocenters. The van der Waals surface area contributed by atoms with E-state index in [1.54, 1.807) is 0 Å². The summed E-state index contributed by atoms with van der Waals surface area (Å²) in [5.74, 6) is 0. The summed E-state index contributed by atoms with van der Waals surface area (Å²) < 4.78 is 2.11. The summed E-state index contributed by atoms with van der Waals surface area (Å²) in [5.41, 5.74) is 1.66. The Morgan fingerprint density at radius 3 is 2.73 bits per heavy atom. The molecule has 86 valence electrons. The average Bonchev–Trinajstić information content (AvgIpc) is 2.57. The van der Waals surface area contributed by atoms with Gasteiger partial charge in [0, 0.05) is 19.3 Å². The number of rotatable bonds is 5. The third-order valence-electron chi connectivity index (χ3n) is 2.43. The van der Waals surface area contributed by atoms with Crippen molar-refractivity contribution in [2.75, 3.05) is 6.54 Å².